The third-order valence-corrected chi connectivity index (χ3v) is 3.32. The lowest BCUT2D eigenvalue weighted by atomic mass is 10.2. The summed E-state index contributed by atoms with van der Waals surface area (Å²) in [5, 5.41) is 11.8. The van der Waals surface area contributed by atoms with Crippen LogP contribution in [0, 0.1) is 6.92 Å². The van der Waals surface area contributed by atoms with Crippen LogP contribution in [-0.2, 0) is 4.79 Å². The largest absolute Gasteiger partial charge is 0.395 e. The molecule has 0 aromatic heterocycles. The van der Waals surface area contributed by atoms with Gasteiger partial charge in [0.05, 0.1) is 12.4 Å². The summed E-state index contributed by atoms with van der Waals surface area (Å²) in [6.07, 6.45) is 0. The quantitative estimate of drug-likeness (QED) is 0.826. The van der Waals surface area contributed by atoms with E-state index in [0.717, 1.165) is 11.3 Å². The SMILES string of the molecule is Cc1ccccc1NC(=O)CSC(C)CO. The van der Waals surface area contributed by atoms with Crippen molar-refractivity contribution in [1.29, 1.82) is 0 Å². The summed E-state index contributed by atoms with van der Waals surface area (Å²) in [5.41, 5.74) is 1.90. The van der Waals surface area contributed by atoms with Crippen molar-refractivity contribution < 1.29 is 9.90 Å². The summed E-state index contributed by atoms with van der Waals surface area (Å²) in [6.45, 7) is 3.95. The van der Waals surface area contributed by atoms with Crippen LogP contribution in [0.15, 0.2) is 24.3 Å². The third kappa shape index (κ3) is 4.24. The standard InChI is InChI=1S/C12H17NO2S/c1-9-5-3-4-6-11(9)13-12(15)8-16-10(2)7-14/h3-6,10,14H,7-8H2,1-2H3,(H,13,15). The van der Waals surface area contributed by atoms with E-state index >= 15 is 0 Å². The Hall–Kier alpha value is -1.000. The first-order chi connectivity index (χ1) is 7.63. The van der Waals surface area contributed by atoms with Crippen molar-refractivity contribution in [2.75, 3.05) is 17.7 Å². The van der Waals surface area contributed by atoms with Crippen molar-refractivity contribution in [1.82, 2.24) is 0 Å². The van der Waals surface area contributed by atoms with Gasteiger partial charge in [-0.05, 0) is 18.6 Å². The Kier molecular flexibility index (Phi) is 5.35. The summed E-state index contributed by atoms with van der Waals surface area (Å²) < 4.78 is 0. The predicted octanol–water partition coefficient (Wildman–Crippen LogP) is 2.05. The number of anilines is 1. The second kappa shape index (κ2) is 6.55. The monoisotopic (exact) mass is 239 g/mol. The Morgan fingerprint density at radius 2 is 2.19 bits per heavy atom. The molecule has 1 unspecified atom stereocenters. The van der Waals surface area contributed by atoms with Gasteiger partial charge in [0, 0.05) is 10.9 Å². The van der Waals surface area contributed by atoms with E-state index in [1.807, 2.05) is 38.1 Å². The highest BCUT2D eigenvalue weighted by molar-refractivity contribution is 8.00. The summed E-state index contributed by atoms with van der Waals surface area (Å²) in [6, 6.07) is 7.67. The number of benzene rings is 1. The van der Waals surface area contributed by atoms with Gasteiger partial charge >= 0.3 is 0 Å². The van der Waals surface area contributed by atoms with Crippen molar-refractivity contribution in [3.63, 3.8) is 0 Å². The number of aliphatic hydroxyl groups is 1. The normalized spacial score (nSPS) is 12.2. The lowest BCUT2D eigenvalue weighted by Gasteiger charge is -2.09. The van der Waals surface area contributed by atoms with Crippen LogP contribution >= 0.6 is 11.8 Å². The zero-order chi connectivity index (χ0) is 12.0. The summed E-state index contributed by atoms with van der Waals surface area (Å²) in [4.78, 5) is 11.6. The topological polar surface area (TPSA) is 49.3 Å². The van der Waals surface area contributed by atoms with E-state index < -0.39 is 0 Å². The van der Waals surface area contributed by atoms with Gasteiger partial charge in [0.15, 0.2) is 0 Å². The van der Waals surface area contributed by atoms with Crippen LogP contribution in [-0.4, -0.2) is 28.6 Å². The average Bonchev–Trinajstić information content (AvgIpc) is 2.29. The number of hydrogen-bond acceptors (Lipinski definition) is 3. The number of hydrogen-bond donors (Lipinski definition) is 2. The van der Waals surface area contributed by atoms with E-state index in [0.29, 0.717) is 5.75 Å². The van der Waals surface area contributed by atoms with Crippen LogP contribution in [0.5, 0.6) is 0 Å². The minimum absolute atomic E-state index is 0.0281. The Morgan fingerprint density at radius 1 is 1.50 bits per heavy atom. The molecule has 0 spiro atoms. The number of carbonyl (C=O) groups is 1. The molecule has 0 radical (unpaired) electrons. The Balaban J connectivity index is 2.43. The van der Waals surface area contributed by atoms with Crippen molar-refractivity contribution >= 4 is 23.4 Å². The summed E-state index contributed by atoms with van der Waals surface area (Å²) in [7, 11) is 0. The predicted molar refractivity (Wildman–Crippen MR) is 68.8 cm³/mol. The van der Waals surface area contributed by atoms with Crippen LogP contribution in [0.4, 0.5) is 5.69 Å². The average molecular weight is 239 g/mol. The van der Waals surface area contributed by atoms with Crippen molar-refractivity contribution in [3.05, 3.63) is 29.8 Å². The molecule has 4 heteroatoms. The van der Waals surface area contributed by atoms with Crippen LogP contribution < -0.4 is 5.32 Å². The highest BCUT2D eigenvalue weighted by Crippen LogP contribution is 2.15. The van der Waals surface area contributed by atoms with Crippen LogP contribution in [0.25, 0.3) is 0 Å². The van der Waals surface area contributed by atoms with Gasteiger partial charge in [0.2, 0.25) is 5.91 Å². The molecule has 1 amide bonds. The van der Waals surface area contributed by atoms with Gasteiger partial charge in [-0.25, -0.2) is 0 Å². The molecule has 1 aromatic carbocycles. The molecule has 3 nitrogen and oxygen atoms in total. The van der Waals surface area contributed by atoms with E-state index in [2.05, 4.69) is 5.32 Å². The molecule has 1 atom stereocenters. The highest BCUT2D eigenvalue weighted by Gasteiger charge is 2.07. The van der Waals surface area contributed by atoms with Crippen LogP contribution in [0.2, 0.25) is 0 Å². The lowest BCUT2D eigenvalue weighted by molar-refractivity contribution is -0.113. The maximum Gasteiger partial charge on any atom is 0.234 e. The van der Waals surface area contributed by atoms with Gasteiger partial charge in [-0.1, -0.05) is 25.1 Å². The van der Waals surface area contributed by atoms with Crippen molar-refractivity contribution in [2.24, 2.45) is 0 Å². The lowest BCUT2D eigenvalue weighted by Crippen LogP contribution is -2.17. The molecular formula is C12H17NO2S. The minimum Gasteiger partial charge on any atom is -0.395 e. The van der Waals surface area contributed by atoms with E-state index in [4.69, 9.17) is 5.11 Å². The molecule has 0 saturated carbocycles. The molecule has 0 saturated heterocycles. The molecule has 0 aliphatic rings. The fourth-order valence-corrected chi connectivity index (χ4v) is 1.78. The molecule has 0 heterocycles. The van der Waals surface area contributed by atoms with Gasteiger partial charge in [0.25, 0.3) is 0 Å². The van der Waals surface area contributed by atoms with Crippen LogP contribution in [0.3, 0.4) is 0 Å². The number of rotatable bonds is 5. The number of aryl methyl sites for hydroxylation is 1. The first kappa shape index (κ1) is 13.1. The van der Waals surface area contributed by atoms with Gasteiger partial charge in [-0.3, -0.25) is 4.79 Å². The highest BCUT2D eigenvalue weighted by atomic mass is 32.2. The van der Waals surface area contributed by atoms with Gasteiger partial charge in [0.1, 0.15) is 0 Å². The smallest absolute Gasteiger partial charge is 0.234 e. The first-order valence-corrected chi connectivity index (χ1v) is 6.26. The summed E-state index contributed by atoms with van der Waals surface area (Å²) in [5.74, 6) is 0.343. The second-order valence-corrected chi connectivity index (χ2v) is 5.09. The molecule has 1 aromatic rings. The molecule has 1 rings (SSSR count). The number of carbonyl (C=O) groups excluding carboxylic acids is 1. The molecule has 0 aliphatic heterocycles. The molecule has 16 heavy (non-hydrogen) atoms. The van der Waals surface area contributed by atoms with Gasteiger partial charge < -0.3 is 10.4 Å². The number of para-hydroxylation sites is 1. The second-order valence-electron chi connectivity index (χ2n) is 3.67. The fourth-order valence-electron chi connectivity index (χ4n) is 1.17. The minimum atomic E-state index is -0.0281. The van der Waals surface area contributed by atoms with E-state index in [-0.39, 0.29) is 17.8 Å². The first-order valence-electron chi connectivity index (χ1n) is 5.21. The Morgan fingerprint density at radius 3 is 2.81 bits per heavy atom. The molecule has 2 N–H and O–H groups in total. The van der Waals surface area contributed by atoms with Crippen molar-refractivity contribution in [2.45, 2.75) is 19.1 Å². The van der Waals surface area contributed by atoms with E-state index in [1.54, 1.807) is 0 Å². The summed E-state index contributed by atoms with van der Waals surface area (Å²) >= 11 is 1.45. The molecule has 88 valence electrons. The number of aliphatic hydroxyl groups excluding tert-OH is 1. The number of thioether (sulfide) groups is 1. The maximum absolute atomic E-state index is 11.6. The Bertz CT molecular complexity index is 355. The molecular weight excluding hydrogens is 222 g/mol. The molecule has 0 fully saturated rings. The molecule has 0 aliphatic carbocycles. The zero-order valence-electron chi connectivity index (χ0n) is 9.56. The number of nitrogens with one attached hydrogen (secondary N) is 1. The van der Waals surface area contributed by atoms with Crippen LogP contribution in [0.1, 0.15) is 12.5 Å². The number of amides is 1. The van der Waals surface area contributed by atoms with E-state index in [9.17, 15) is 4.79 Å². The molecule has 0 bridgehead atoms. The Labute approximate surface area is 100 Å². The fraction of sp³-hybridized carbons (Fsp3) is 0.417. The zero-order valence-corrected chi connectivity index (χ0v) is 10.4. The van der Waals surface area contributed by atoms with Crippen molar-refractivity contribution in [3.8, 4) is 0 Å². The third-order valence-electron chi connectivity index (χ3n) is 2.18. The van der Waals surface area contributed by atoms with E-state index in [1.165, 1.54) is 11.8 Å². The maximum atomic E-state index is 11.6. The van der Waals surface area contributed by atoms with Gasteiger partial charge in [-0.15, -0.1) is 11.8 Å². The van der Waals surface area contributed by atoms with Gasteiger partial charge in [-0.2, -0.15) is 0 Å².